The number of fused-ring (bicyclic) bond motifs is 1. The van der Waals surface area contributed by atoms with Gasteiger partial charge in [-0.1, -0.05) is 6.08 Å². The van der Waals surface area contributed by atoms with E-state index in [0.29, 0.717) is 17.1 Å². The van der Waals surface area contributed by atoms with Crippen LogP contribution in [0, 0.1) is 6.92 Å². The molecular formula is C18H19F2N5O. The highest BCUT2D eigenvalue weighted by atomic mass is 19.3. The van der Waals surface area contributed by atoms with Crippen LogP contribution in [0.2, 0.25) is 0 Å². The maximum atomic E-state index is 13.2. The Morgan fingerprint density at radius 1 is 1.27 bits per heavy atom. The van der Waals surface area contributed by atoms with E-state index >= 15 is 0 Å². The van der Waals surface area contributed by atoms with Gasteiger partial charge in [-0.25, -0.2) is 18.7 Å². The third-order valence-electron chi connectivity index (χ3n) is 4.64. The molecule has 1 fully saturated rings. The van der Waals surface area contributed by atoms with Crippen LogP contribution in [-0.2, 0) is 4.79 Å². The Kier molecular flexibility index (Phi) is 4.07. The molecular weight excluding hydrogens is 340 g/mol. The van der Waals surface area contributed by atoms with E-state index in [9.17, 15) is 13.6 Å². The molecule has 0 spiro atoms. The minimum absolute atomic E-state index is 0.0701. The fourth-order valence-electron chi connectivity index (χ4n) is 3.12. The second-order valence-electron chi connectivity index (χ2n) is 6.70. The third-order valence-corrected chi connectivity index (χ3v) is 4.64. The van der Waals surface area contributed by atoms with Crippen molar-refractivity contribution in [3.8, 4) is 0 Å². The average molecular weight is 359 g/mol. The lowest BCUT2D eigenvalue weighted by atomic mass is 10.1. The first-order chi connectivity index (χ1) is 12.4. The lowest BCUT2D eigenvalue weighted by Crippen LogP contribution is -2.43. The van der Waals surface area contributed by atoms with E-state index in [1.807, 2.05) is 37.3 Å². The molecule has 2 aromatic heterocycles. The molecule has 1 amide bonds. The number of carbonyl (C=O) groups is 1. The number of anilines is 1. The molecule has 0 aromatic carbocycles. The summed E-state index contributed by atoms with van der Waals surface area (Å²) in [4.78, 5) is 23.1. The van der Waals surface area contributed by atoms with Crippen molar-refractivity contribution in [2.75, 3.05) is 25.0 Å². The summed E-state index contributed by atoms with van der Waals surface area (Å²) < 4.78 is 28.3. The molecule has 4 rings (SSSR count). The number of nitrogens with zero attached hydrogens (tertiary/aromatic N) is 4. The maximum Gasteiger partial charge on any atom is 0.250 e. The number of imidazole rings is 1. The second kappa shape index (κ2) is 6.28. The minimum Gasteiger partial charge on any atom is -0.294 e. The second-order valence-corrected chi connectivity index (χ2v) is 6.70. The Bertz CT molecular complexity index is 921. The molecule has 1 N–H and O–H groups in total. The molecule has 8 heteroatoms. The first-order valence-electron chi connectivity index (χ1n) is 8.56. The monoisotopic (exact) mass is 359 g/mol. The summed E-state index contributed by atoms with van der Waals surface area (Å²) in [6.07, 6.45) is 5.30. The Hall–Kier alpha value is -2.61. The molecule has 1 aliphatic heterocycles. The number of allylic oxidation sites excluding steroid dienone is 4. The molecule has 0 bridgehead atoms. The first kappa shape index (κ1) is 16.8. The first-order valence-corrected chi connectivity index (χ1v) is 8.56. The SMILES string of the molecule is Cc1ccc2nc(NC(=O)CN3CCC(F)(F)CC3)n(C3=CC=C3)c2n1. The Morgan fingerprint density at radius 2 is 2.00 bits per heavy atom. The van der Waals surface area contributed by atoms with Gasteiger partial charge in [0.05, 0.1) is 12.2 Å². The molecule has 2 aliphatic rings. The molecule has 136 valence electrons. The van der Waals surface area contributed by atoms with Gasteiger partial charge in [-0.3, -0.25) is 19.6 Å². The molecule has 1 saturated heterocycles. The van der Waals surface area contributed by atoms with Crippen LogP contribution < -0.4 is 5.32 Å². The zero-order chi connectivity index (χ0) is 18.3. The van der Waals surface area contributed by atoms with Gasteiger partial charge < -0.3 is 0 Å². The number of likely N-dealkylation sites (tertiary alicyclic amines) is 1. The van der Waals surface area contributed by atoms with Crippen LogP contribution in [0.4, 0.5) is 14.7 Å². The van der Waals surface area contributed by atoms with Gasteiger partial charge in [-0.05, 0) is 31.2 Å². The minimum atomic E-state index is -2.62. The van der Waals surface area contributed by atoms with Crippen molar-refractivity contribution >= 4 is 28.7 Å². The molecule has 0 unspecified atom stereocenters. The maximum absolute atomic E-state index is 13.2. The highest BCUT2D eigenvalue weighted by Gasteiger charge is 2.34. The van der Waals surface area contributed by atoms with Crippen LogP contribution in [-0.4, -0.2) is 50.9 Å². The number of rotatable bonds is 4. The van der Waals surface area contributed by atoms with E-state index in [1.54, 1.807) is 9.47 Å². The number of hydrogen-bond donors (Lipinski definition) is 1. The van der Waals surface area contributed by atoms with Gasteiger partial charge in [0.25, 0.3) is 5.92 Å². The Balaban J connectivity index is 1.52. The van der Waals surface area contributed by atoms with Gasteiger partial charge in [0.15, 0.2) is 5.65 Å². The molecule has 0 saturated carbocycles. The van der Waals surface area contributed by atoms with Crippen LogP contribution in [0.25, 0.3) is 16.9 Å². The summed E-state index contributed by atoms with van der Waals surface area (Å²) in [5.41, 5.74) is 3.10. The van der Waals surface area contributed by atoms with Crippen molar-refractivity contribution in [2.24, 2.45) is 0 Å². The van der Waals surface area contributed by atoms with Crippen molar-refractivity contribution in [1.82, 2.24) is 19.4 Å². The predicted octanol–water partition coefficient (Wildman–Crippen LogP) is 2.82. The van der Waals surface area contributed by atoms with E-state index in [4.69, 9.17) is 0 Å². The van der Waals surface area contributed by atoms with Crippen molar-refractivity contribution in [3.05, 3.63) is 36.1 Å². The summed E-state index contributed by atoms with van der Waals surface area (Å²) in [6, 6.07) is 3.73. The lowest BCUT2D eigenvalue weighted by Gasteiger charge is -2.31. The van der Waals surface area contributed by atoms with Gasteiger partial charge in [-0.2, -0.15) is 0 Å². The number of carbonyl (C=O) groups excluding carboxylic acids is 1. The number of pyridine rings is 1. The van der Waals surface area contributed by atoms with Gasteiger partial charge in [0, 0.05) is 31.6 Å². The smallest absolute Gasteiger partial charge is 0.250 e. The number of nitrogens with one attached hydrogen (secondary N) is 1. The Labute approximate surface area is 149 Å². The molecule has 6 nitrogen and oxygen atoms in total. The van der Waals surface area contributed by atoms with Crippen LogP contribution in [0.15, 0.2) is 30.4 Å². The number of piperidine rings is 1. The summed E-state index contributed by atoms with van der Waals surface area (Å²) in [6.45, 7) is 2.39. The number of hydrogen-bond acceptors (Lipinski definition) is 4. The zero-order valence-electron chi connectivity index (χ0n) is 14.4. The van der Waals surface area contributed by atoms with Gasteiger partial charge >= 0.3 is 0 Å². The van der Waals surface area contributed by atoms with Crippen LogP contribution in [0.3, 0.4) is 0 Å². The summed E-state index contributed by atoms with van der Waals surface area (Å²) in [7, 11) is 0. The normalized spacial score (nSPS) is 19.3. The molecule has 0 radical (unpaired) electrons. The van der Waals surface area contributed by atoms with E-state index in [-0.39, 0.29) is 38.4 Å². The van der Waals surface area contributed by atoms with Crippen molar-refractivity contribution in [2.45, 2.75) is 25.7 Å². The molecule has 3 heterocycles. The van der Waals surface area contributed by atoms with E-state index < -0.39 is 5.92 Å². The highest BCUT2D eigenvalue weighted by molar-refractivity contribution is 5.94. The largest absolute Gasteiger partial charge is 0.294 e. The quantitative estimate of drug-likeness (QED) is 0.912. The topological polar surface area (TPSA) is 63.1 Å². The lowest BCUT2D eigenvalue weighted by molar-refractivity contribution is -0.119. The summed E-state index contributed by atoms with van der Waals surface area (Å²) >= 11 is 0. The molecule has 1 aliphatic carbocycles. The van der Waals surface area contributed by atoms with E-state index in [0.717, 1.165) is 11.4 Å². The van der Waals surface area contributed by atoms with Gasteiger partial charge in [0.2, 0.25) is 11.9 Å². The standard InChI is InChI=1S/C18H19F2N5O/c1-12-5-6-14-16(21-12)25(13-3-2-4-13)17(22-14)23-15(26)11-24-9-7-18(19,20)8-10-24/h2-6H,7-11H2,1H3,(H,22,23,26). The predicted molar refractivity (Wildman–Crippen MR) is 94.9 cm³/mol. The van der Waals surface area contributed by atoms with Crippen molar-refractivity contribution in [1.29, 1.82) is 0 Å². The van der Waals surface area contributed by atoms with Crippen LogP contribution >= 0.6 is 0 Å². The summed E-state index contributed by atoms with van der Waals surface area (Å²) in [5.74, 6) is -2.50. The molecule has 0 atom stereocenters. The van der Waals surface area contributed by atoms with Crippen LogP contribution in [0.1, 0.15) is 18.5 Å². The zero-order valence-corrected chi connectivity index (χ0v) is 14.4. The van der Waals surface area contributed by atoms with Gasteiger partial charge in [0.1, 0.15) is 5.52 Å². The summed E-state index contributed by atoms with van der Waals surface area (Å²) in [5, 5.41) is 2.81. The van der Waals surface area contributed by atoms with E-state index in [1.165, 1.54) is 0 Å². The van der Waals surface area contributed by atoms with Crippen LogP contribution in [0.5, 0.6) is 0 Å². The fourth-order valence-corrected chi connectivity index (χ4v) is 3.12. The fraction of sp³-hybridized carbons (Fsp3) is 0.389. The molecule has 2 aromatic rings. The number of amides is 1. The van der Waals surface area contributed by atoms with Crippen molar-refractivity contribution in [3.63, 3.8) is 0 Å². The highest BCUT2D eigenvalue weighted by Crippen LogP contribution is 2.28. The number of alkyl halides is 2. The van der Waals surface area contributed by atoms with Gasteiger partial charge in [-0.15, -0.1) is 0 Å². The average Bonchev–Trinajstić information content (AvgIpc) is 2.85. The number of aryl methyl sites for hydroxylation is 1. The number of aromatic nitrogens is 3. The third kappa shape index (κ3) is 3.24. The van der Waals surface area contributed by atoms with Crippen molar-refractivity contribution < 1.29 is 13.6 Å². The Morgan fingerprint density at radius 3 is 2.65 bits per heavy atom. The molecule has 26 heavy (non-hydrogen) atoms. The van der Waals surface area contributed by atoms with E-state index in [2.05, 4.69) is 15.3 Å². The number of halogens is 2.